The van der Waals surface area contributed by atoms with Gasteiger partial charge >= 0.3 is 0 Å². The molecule has 13 heavy (non-hydrogen) atoms. The molecular formula is C10H17NO2. The predicted octanol–water partition coefficient (Wildman–Crippen LogP) is 2.62. The van der Waals surface area contributed by atoms with Gasteiger partial charge in [-0.3, -0.25) is 10.1 Å². The van der Waals surface area contributed by atoms with E-state index in [1.54, 1.807) is 0 Å². The van der Waals surface area contributed by atoms with Crippen LogP contribution in [0, 0.1) is 21.4 Å². The molecule has 2 rings (SSSR count). The first-order chi connectivity index (χ1) is 6.20. The normalized spacial score (nSPS) is 38.6. The van der Waals surface area contributed by atoms with Gasteiger partial charge in [0.25, 0.3) is 0 Å². The smallest absolute Gasteiger partial charge is 0.209 e. The summed E-state index contributed by atoms with van der Waals surface area (Å²) in [6.07, 6.45) is 8.42. The van der Waals surface area contributed by atoms with Crippen molar-refractivity contribution < 1.29 is 4.92 Å². The average molecular weight is 183 g/mol. The summed E-state index contributed by atoms with van der Waals surface area (Å²) < 4.78 is 0. The fraction of sp³-hybridized carbons (Fsp3) is 1.00. The molecule has 74 valence electrons. The van der Waals surface area contributed by atoms with Gasteiger partial charge in [0, 0.05) is 10.3 Å². The molecule has 0 saturated heterocycles. The molecule has 0 spiro atoms. The molecule has 0 N–H and O–H groups in total. The van der Waals surface area contributed by atoms with Crippen LogP contribution in [0.15, 0.2) is 0 Å². The standard InChI is InChI=1S/C10H17NO2/c12-11(13)8-10-5-1-3-9(7-10)4-2-6-10/h9H,1-8H2. The van der Waals surface area contributed by atoms with Crippen LogP contribution in [0.2, 0.25) is 0 Å². The van der Waals surface area contributed by atoms with E-state index in [2.05, 4.69) is 0 Å². The fourth-order valence-electron chi connectivity index (χ4n) is 3.32. The second kappa shape index (κ2) is 3.28. The summed E-state index contributed by atoms with van der Waals surface area (Å²) in [5.41, 5.74) is 0.102. The summed E-state index contributed by atoms with van der Waals surface area (Å²) >= 11 is 0. The number of nitro groups is 1. The van der Waals surface area contributed by atoms with Crippen molar-refractivity contribution in [1.82, 2.24) is 0 Å². The highest BCUT2D eigenvalue weighted by atomic mass is 16.6. The first kappa shape index (κ1) is 8.97. The minimum atomic E-state index is -0.103. The Kier molecular flexibility index (Phi) is 2.26. The van der Waals surface area contributed by atoms with Crippen LogP contribution in [0.3, 0.4) is 0 Å². The Morgan fingerprint density at radius 1 is 1.31 bits per heavy atom. The van der Waals surface area contributed by atoms with Crippen LogP contribution >= 0.6 is 0 Å². The average Bonchev–Trinajstić information content (AvgIpc) is 2.02. The summed E-state index contributed by atoms with van der Waals surface area (Å²) in [6, 6.07) is 0. The molecule has 2 bridgehead atoms. The molecule has 2 aliphatic rings. The number of hydrogen-bond donors (Lipinski definition) is 0. The Bertz CT molecular complexity index is 205. The van der Waals surface area contributed by atoms with Crippen LogP contribution in [-0.4, -0.2) is 11.5 Å². The molecular weight excluding hydrogens is 166 g/mol. The van der Waals surface area contributed by atoms with Crippen molar-refractivity contribution >= 4 is 0 Å². The highest BCUT2D eigenvalue weighted by molar-refractivity contribution is 4.89. The first-order valence-electron chi connectivity index (χ1n) is 5.32. The van der Waals surface area contributed by atoms with Gasteiger partial charge in [-0.25, -0.2) is 0 Å². The Labute approximate surface area is 78.7 Å². The van der Waals surface area contributed by atoms with Gasteiger partial charge in [0.15, 0.2) is 0 Å². The maximum absolute atomic E-state index is 10.6. The summed E-state index contributed by atoms with van der Waals surface area (Å²) in [6.45, 7) is 0.226. The van der Waals surface area contributed by atoms with Gasteiger partial charge in [0.2, 0.25) is 6.54 Å². The third-order valence-corrected chi connectivity index (χ3v) is 3.83. The molecule has 0 radical (unpaired) electrons. The number of nitrogens with zero attached hydrogens (tertiary/aromatic N) is 1. The van der Waals surface area contributed by atoms with E-state index in [1.807, 2.05) is 0 Å². The maximum atomic E-state index is 10.6. The minimum absolute atomic E-state index is 0.102. The van der Waals surface area contributed by atoms with Crippen molar-refractivity contribution in [2.75, 3.05) is 6.54 Å². The topological polar surface area (TPSA) is 43.1 Å². The molecule has 0 unspecified atom stereocenters. The van der Waals surface area contributed by atoms with Crippen molar-refractivity contribution in [3.05, 3.63) is 10.1 Å². The summed E-state index contributed by atoms with van der Waals surface area (Å²) in [7, 11) is 0. The van der Waals surface area contributed by atoms with Crippen molar-refractivity contribution in [2.24, 2.45) is 11.3 Å². The Morgan fingerprint density at radius 2 is 1.92 bits per heavy atom. The van der Waals surface area contributed by atoms with Crippen molar-refractivity contribution in [2.45, 2.75) is 44.9 Å². The van der Waals surface area contributed by atoms with Crippen molar-refractivity contribution in [3.8, 4) is 0 Å². The lowest BCUT2D eigenvalue weighted by atomic mass is 9.62. The molecule has 2 aliphatic carbocycles. The Balaban J connectivity index is 2.05. The van der Waals surface area contributed by atoms with Crippen LogP contribution in [0.5, 0.6) is 0 Å². The third-order valence-electron chi connectivity index (χ3n) is 3.83. The Hall–Kier alpha value is -0.600. The van der Waals surface area contributed by atoms with Crippen LogP contribution in [0.4, 0.5) is 0 Å². The van der Waals surface area contributed by atoms with E-state index in [0.29, 0.717) is 0 Å². The lowest BCUT2D eigenvalue weighted by Crippen LogP contribution is -2.38. The van der Waals surface area contributed by atoms with E-state index >= 15 is 0 Å². The molecule has 3 heteroatoms. The molecule has 0 heterocycles. The quantitative estimate of drug-likeness (QED) is 0.488. The van der Waals surface area contributed by atoms with Crippen molar-refractivity contribution in [1.29, 1.82) is 0 Å². The second-order valence-corrected chi connectivity index (χ2v) is 4.85. The van der Waals surface area contributed by atoms with Gasteiger partial charge in [-0.2, -0.15) is 0 Å². The molecule has 0 atom stereocenters. The molecule has 0 aliphatic heterocycles. The van der Waals surface area contributed by atoms with E-state index < -0.39 is 0 Å². The zero-order valence-corrected chi connectivity index (χ0v) is 8.00. The van der Waals surface area contributed by atoms with Gasteiger partial charge in [0.05, 0.1) is 0 Å². The fourth-order valence-corrected chi connectivity index (χ4v) is 3.32. The zero-order chi connectivity index (χ0) is 9.31. The van der Waals surface area contributed by atoms with E-state index in [1.165, 1.54) is 25.7 Å². The van der Waals surface area contributed by atoms with Gasteiger partial charge in [0.1, 0.15) is 0 Å². The van der Waals surface area contributed by atoms with Crippen LogP contribution in [-0.2, 0) is 0 Å². The summed E-state index contributed by atoms with van der Waals surface area (Å²) in [5, 5.41) is 10.6. The minimum Gasteiger partial charge on any atom is -0.265 e. The number of fused-ring (bicyclic) bond motifs is 2. The summed E-state index contributed by atoms with van der Waals surface area (Å²) in [5.74, 6) is 0.808. The maximum Gasteiger partial charge on any atom is 0.209 e. The SMILES string of the molecule is O=[N+]([O-])CC12CCCC(CCC1)C2. The van der Waals surface area contributed by atoms with E-state index in [9.17, 15) is 10.1 Å². The number of hydrogen-bond acceptors (Lipinski definition) is 2. The molecule has 0 aromatic heterocycles. The van der Waals surface area contributed by atoms with E-state index in [-0.39, 0.29) is 16.9 Å². The van der Waals surface area contributed by atoms with Crippen LogP contribution in [0.1, 0.15) is 44.9 Å². The van der Waals surface area contributed by atoms with Gasteiger partial charge < -0.3 is 0 Å². The second-order valence-electron chi connectivity index (χ2n) is 4.85. The van der Waals surface area contributed by atoms with Gasteiger partial charge in [-0.05, 0) is 25.2 Å². The third kappa shape index (κ3) is 1.84. The predicted molar refractivity (Wildman–Crippen MR) is 50.1 cm³/mol. The molecule has 2 fully saturated rings. The molecule has 0 amide bonds. The van der Waals surface area contributed by atoms with Gasteiger partial charge in [-0.1, -0.05) is 25.7 Å². The zero-order valence-electron chi connectivity index (χ0n) is 8.00. The molecule has 0 aromatic rings. The largest absolute Gasteiger partial charge is 0.265 e. The molecule has 3 nitrogen and oxygen atoms in total. The highest BCUT2D eigenvalue weighted by Crippen LogP contribution is 2.48. The highest BCUT2D eigenvalue weighted by Gasteiger charge is 2.42. The lowest BCUT2D eigenvalue weighted by molar-refractivity contribution is -0.500. The van der Waals surface area contributed by atoms with Crippen molar-refractivity contribution in [3.63, 3.8) is 0 Å². The monoisotopic (exact) mass is 183 g/mol. The van der Waals surface area contributed by atoms with Gasteiger partial charge in [-0.15, -0.1) is 0 Å². The number of rotatable bonds is 2. The molecule has 2 saturated carbocycles. The van der Waals surface area contributed by atoms with E-state index in [4.69, 9.17) is 0 Å². The first-order valence-corrected chi connectivity index (χ1v) is 5.32. The van der Waals surface area contributed by atoms with Crippen LogP contribution in [0.25, 0.3) is 0 Å². The molecule has 0 aromatic carbocycles. The Morgan fingerprint density at radius 3 is 2.46 bits per heavy atom. The van der Waals surface area contributed by atoms with Crippen LogP contribution < -0.4 is 0 Å². The lowest BCUT2D eigenvalue weighted by Gasteiger charge is -2.42. The van der Waals surface area contributed by atoms with E-state index in [0.717, 1.165) is 25.2 Å². The summed E-state index contributed by atoms with van der Waals surface area (Å²) in [4.78, 5) is 10.5.